The van der Waals surface area contributed by atoms with Crippen LogP contribution in [0.1, 0.15) is 26.3 Å². The van der Waals surface area contributed by atoms with Gasteiger partial charge in [0.15, 0.2) is 17.3 Å². The highest BCUT2D eigenvalue weighted by atomic mass is 16.5. The molecule has 3 rings (SSSR count). The van der Waals surface area contributed by atoms with E-state index in [1.54, 1.807) is 43.5 Å². The van der Waals surface area contributed by atoms with Crippen molar-refractivity contribution in [1.29, 1.82) is 0 Å². The molecule has 0 aliphatic rings. The zero-order valence-electron chi connectivity index (χ0n) is 18.8. The Morgan fingerprint density at radius 3 is 2.12 bits per heavy atom. The Hall–Kier alpha value is -4.26. The topological polar surface area (TPSA) is 80.3 Å². The Morgan fingerprint density at radius 2 is 1.42 bits per heavy atom. The lowest BCUT2D eigenvalue weighted by atomic mass is 10.1. The Labute approximate surface area is 192 Å². The van der Waals surface area contributed by atoms with Gasteiger partial charge in [-0.3, -0.25) is 4.79 Å². The third-order valence-electron chi connectivity index (χ3n) is 4.83. The van der Waals surface area contributed by atoms with Crippen LogP contribution in [-0.2, 0) is 0 Å². The lowest BCUT2D eigenvalue weighted by Gasteiger charge is -2.12. The van der Waals surface area contributed by atoms with Gasteiger partial charge in [-0.05, 0) is 48.6 Å². The SMILES string of the molecule is COc1ccc(C(=O)/C=C/c2ccccc2OC)c(OC(=O)c2ccc(OC)c(OC)c2)c1. The summed E-state index contributed by atoms with van der Waals surface area (Å²) < 4.78 is 26.5. The van der Waals surface area contributed by atoms with Crippen LogP contribution in [0.15, 0.2) is 66.7 Å². The van der Waals surface area contributed by atoms with Crippen LogP contribution in [0, 0.1) is 0 Å². The van der Waals surface area contributed by atoms with Crippen molar-refractivity contribution < 1.29 is 33.3 Å². The average molecular weight is 448 g/mol. The van der Waals surface area contributed by atoms with Crippen LogP contribution in [0.5, 0.6) is 28.7 Å². The van der Waals surface area contributed by atoms with Crippen LogP contribution in [0.2, 0.25) is 0 Å². The molecule has 0 aliphatic carbocycles. The number of allylic oxidation sites excluding steroid dienone is 1. The Kier molecular flexibility index (Phi) is 7.70. The molecule has 3 aromatic rings. The van der Waals surface area contributed by atoms with Crippen LogP contribution < -0.4 is 23.7 Å². The summed E-state index contributed by atoms with van der Waals surface area (Å²) >= 11 is 0. The molecule has 0 atom stereocenters. The molecular weight excluding hydrogens is 424 g/mol. The third-order valence-corrected chi connectivity index (χ3v) is 4.83. The summed E-state index contributed by atoms with van der Waals surface area (Å²) in [5.74, 6) is 1.00. The fourth-order valence-corrected chi connectivity index (χ4v) is 3.10. The number of benzene rings is 3. The van der Waals surface area contributed by atoms with Gasteiger partial charge < -0.3 is 23.7 Å². The number of para-hydroxylation sites is 1. The molecule has 7 heteroatoms. The highest BCUT2D eigenvalue weighted by Gasteiger charge is 2.18. The Morgan fingerprint density at radius 1 is 0.697 bits per heavy atom. The highest BCUT2D eigenvalue weighted by Crippen LogP contribution is 2.30. The predicted octanol–water partition coefficient (Wildman–Crippen LogP) is 4.84. The molecule has 0 saturated carbocycles. The molecule has 0 spiro atoms. The number of ether oxygens (including phenoxy) is 5. The van der Waals surface area contributed by atoms with Gasteiger partial charge in [0.2, 0.25) is 0 Å². The van der Waals surface area contributed by atoms with E-state index in [0.717, 1.165) is 5.56 Å². The number of ketones is 1. The monoisotopic (exact) mass is 448 g/mol. The summed E-state index contributed by atoms with van der Waals surface area (Å²) in [4.78, 5) is 25.8. The number of esters is 1. The van der Waals surface area contributed by atoms with Crippen molar-refractivity contribution in [2.24, 2.45) is 0 Å². The van der Waals surface area contributed by atoms with E-state index in [9.17, 15) is 9.59 Å². The minimum atomic E-state index is -0.660. The number of hydrogen-bond donors (Lipinski definition) is 0. The molecule has 0 N–H and O–H groups in total. The van der Waals surface area contributed by atoms with Crippen molar-refractivity contribution >= 4 is 17.8 Å². The first-order valence-electron chi connectivity index (χ1n) is 9.98. The zero-order chi connectivity index (χ0) is 23.8. The number of methoxy groups -OCH3 is 4. The molecule has 0 unspecified atom stereocenters. The van der Waals surface area contributed by atoms with Gasteiger partial charge in [0.25, 0.3) is 0 Å². The standard InChI is InChI=1S/C26H24O7/c1-29-19-11-12-20(21(27)13-9-17-7-5-6-8-22(17)30-2)24(16-19)33-26(28)18-10-14-23(31-3)25(15-18)32-4/h5-16H,1-4H3/b13-9+. The van der Waals surface area contributed by atoms with Crippen LogP contribution >= 0.6 is 0 Å². The fraction of sp³-hybridized carbons (Fsp3) is 0.154. The minimum Gasteiger partial charge on any atom is -0.497 e. The molecule has 170 valence electrons. The van der Waals surface area contributed by atoms with Gasteiger partial charge in [-0.2, -0.15) is 0 Å². The van der Waals surface area contributed by atoms with E-state index in [1.165, 1.54) is 39.5 Å². The average Bonchev–Trinajstić information content (AvgIpc) is 2.86. The maximum atomic E-state index is 12.9. The molecule has 33 heavy (non-hydrogen) atoms. The lowest BCUT2D eigenvalue weighted by Crippen LogP contribution is -2.11. The predicted molar refractivity (Wildman–Crippen MR) is 124 cm³/mol. The first-order chi connectivity index (χ1) is 16.0. The molecule has 0 radical (unpaired) electrons. The number of rotatable bonds is 9. The highest BCUT2D eigenvalue weighted by molar-refractivity contribution is 6.09. The Balaban J connectivity index is 1.90. The summed E-state index contributed by atoms with van der Waals surface area (Å²) in [5, 5.41) is 0. The molecule has 0 heterocycles. The zero-order valence-corrected chi connectivity index (χ0v) is 18.8. The van der Waals surface area contributed by atoms with E-state index in [2.05, 4.69) is 0 Å². The number of carbonyl (C=O) groups excluding carboxylic acids is 2. The largest absolute Gasteiger partial charge is 0.497 e. The molecule has 7 nitrogen and oxygen atoms in total. The van der Waals surface area contributed by atoms with Gasteiger partial charge in [0, 0.05) is 11.6 Å². The quantitative estimate of drug-likeness (QED) is 0.201. The maximum Gasteiger partial charge on any atom is 0.343 e. The molecule has 0 amide bonds. The van der Waals surface area contributed by atoms with Crippen LogP contribution in [0.3, 0.4) is 0 Å². The van der Waals surface area contributed by atoms with Crippen LogP contribution in [0.25, 0.3) is 6.08 Å². The van der Waals surface area contributed by atoms with E-state index < -0.39 is 5.97 Å². The van der Waals surface area contributed by atoms with Gasteiger partial charge in [0.05, 0.1) is 39.6 Å². The first kappa shape index (κ1) is 23.4. The molecular formula is C26H24O7. The van der Waals surface area contributed by atoms with Gasteiger partial charge in [-0.1, -0.05) is 18.2 Å². The second-order valence-electron chi connectivity index (χ2n) is 6.76. The summed E-state index contributed by atoms with van der Waals surface area (Å²) in [7, 11) is 6.02. The van der Waals surface area contributed by atoms with E-state index >= 15 is 0 Å². The maximum absolute atomic E-state index is 12.9. The molecule has 0 saturated heterocycles. The van der Waals surface area contributed by atoms with Gasteiger partial charge in [0.1, 0.15) is 17.2 Å². The van der Waals surface area contributed by atoms with Gasteiger partial charge in [-0.15, -0.1) is 0 Å². The molecule has 0 aromatic heterocycles. The number of carbonyl (C=O) groups is 2. The Bertz CT molecular complexity index is 1180. The normalized spacial score (nSPS) is 10.5. The van der Waals surface area contributed by atoms with Crippen molar-refractivity contribution in [2.45, 2.75) is 0 Å². The summed E-state index contributed by atoms with van der Waals surface area (Å²) in [5.41, 5.74) is 1.18. The summed E-state index contributed by atoms with van der Waals surface area (Å²) in [6.07, 6.45) is 3.04. The number of hydrogen-bond acceptors (Lipinski definition) is 7. The second-order valence-corrected chi connectivity index (χ2v) is 6.76. The minimum absolute atomic E-state index is 0.0730. The van der Waals surface area contributed by atoms with Gasteiger partial charge in [-0.25, -0.2) is 4.79 Å². The van der Waals surface area contributed by atoms with E-state index in [0.29, 0.717) is 23.0 Å². The van der Waals surface area contributed by atoms with Gasteiger partial charge >= 0.3 is 5.97 Å². The van der Waals surface area contributed by atoms with Crippen LogP contribution in [0.4, 0.5) is 0 Å². The van der Waals surface area contributed by atoms with Crippen molar-refractivity contribution in [3.05, 3.63) is 83.4 Å². The van der Waals surface area contributed by atoms with E-state index in [1.807, 2.05) is 18.2 Å². The van der Waals surface area contributed by atoms with E-state index in [4.69, 9.17) is 23.7 Å². The summed E-state index contributed by atoms with van der Waals surface area (Å²) in [6, 6.07) is 16.6. The second kappa shape index (κ2) is 10.9. The van der Waals surface area contributed by atoms with E-state index in [-0.39, 0.29) is 22.7 Å². The fourth-order valence-electron chi connectivity index (χ4n) is 3.10. The molecule has 0 aliphatic heterocycles. The molecule has 0 fully saturated rings. The lowest BCUT2D eigenvalue weighted by molar-refractivity contribution is 0.0732. The third kappa shape index (κ3) is 5.51. The van der Waals surface area contributed by atoms with Crippen molar-refractivity contribution in [3.63, 3.8) is 0 Å². The molecule has 0 bridgehead atoms. The first-order valence-corrected chi connectivity index (χ1v) is 9.98. The van der Waals surface area contributed by atoms with Crippen LogP contribution in [-0.4, -0.2) is 40.2 Å². The summed E-state index contributed by atoms with van der Waals surface area (Å²) in [6.45, 7) is 0. The van der Waals surface area contributed by atoms with Crippen molar-refractivity contribution in [2.75, 3.05) is 28.4 Å². The molecule has 3 aromatic carbocycles. The van der Waals surface area contributed by atoms with Crippen molar-refractivity contribution in [3.8, 4) is 28.7 Å². The van der Waals surface area contributed by atoms with Crippen molar-refractivity contribution in [1.82, 2.24) is 0 Å². The smallest absolute Gasteiger partial charge is 0.343 e.